The SMILES string of the molecule is CNCc1n[nH]c(C)c1-c1cc(F)ccc1F. The fourth-order valence-corrected chi connectivity index (χ4v) is 1.82. The molecule has 0 amide bonds. The number of rotatable bonds is 3. The number of aromatic nitrogens is 2. The average Bonchev–Trinajstić information content (AvgIpc) is 2.64. The largest absolute Gasteiger partial charge is 0.314 e. The topological polar surface area (TPSA) is 40.7 Å². The highest BCUT2D eigenvalue weighted by Crippen LogP contribution is 2.28. The molecule has 0 unspecified atom stereocenters. The van der Waals surface area contributed by atoms with Crippen LogP contribution in [0.15, 0.2) is 18.2 Å². The Labute approximate surface area is 97.9 Å². The summed E-state index contributed by atoms with van der Waals surface area (Å²) in [6.07, 6.45) is 0. The van der Waals surface area contributed by atoms with Crippen LogP contribution in [0, 0.1) is 18.6 Å². The summed E-state index contributed by atoms with van der Waals surface area (Å²) in [7, 11) is 1.77. The molecule has 0 spiro atoms. The van der Waals surface area contributed by atoms with Gasteiger partial charge in [-0.1, -0.05) is 0 Å². The van der Waals surface area contributed by atoms with E-state index in [-0.39, 0.29) is 5.56 Å². The van der Waals surface area contributed by atoms with Gasteiger partial charge in [0.15, 0.2) is 0 Å². The van der Waals surface area contributed by atoms with Crippen LogP contribution in [0.1, 0.15) is 11.4 Å². The van der Waals surface area contributed by atoms with Gasteiger partial charge in [0.2, 0.25) is 0 Å². The summed E-state index contributed by atoms with van der Waals surface area (Å²) in [6.45, 7) is 2.28. The second kappa shape index (κ2) is 4.63. The summed E-state index contributed by atoms with van der Waals surface area (Å²) >= 11 is 0. The molecule has 1 heterocycles. The zero-order valence-corrected chi connectivity index (χ0v) is 9.64. The maximum Gasteiger partial charge on any atom is 0.131 e. The van der Waals surface area contributed by atoms with Crippen LogP contribution in [0.4, 0.5) is 8.78 Å². The van der Waals surface area contributed by atoms with Crippen LogP contribution < -0.4 is 5.32 Å². The van der Waals surface area contributed by atoms with Gasteiger partial charge in [0.25, 0.3) is 0 Å². The van der Waals surface area contributed by atoms with Crippen LogP contribution in [0.2, 0.25) is 0 Å². The molecule has 0 bridgehead atoms. The molecule has 0 atom stereocenters. The molecule has 0 aliphatic carbocycles. The predicted molar refractivity (Wildman–Crippen MR) is 61.4 cm³/mol. The molecule has 2 N–H and O–H groups in total. The van der Waals surface area contributed by atoms with E-state index in [9.17, 15) is 8.78 Å². The van der Waals surface area contributed by atoms with E-state index in [4.69, 9.17) is 0 Å². The van der Waals surface area contributed by atoms with E-state index >= 15 is 0 Å². The van der Waals surface area contributed by atoms with Crippen LogP contribution in [0.3, 0.4) is 0 Å². The molecular weight excluding hydrogens is 224 g/mol. The maximum absolute atomic E-state index is 13.7. The lowest BCUT2D eigenvalue weighted by molar-refractivity contribution is 0.603. The van der Waals surface area contributed by atoms with Crippen LogP contribution in [0.25, 0.3) is 11.1 Å². The van der Waals surface area contributed by atoms with E-state index in [1.54, 1.807) is 14.0 Å². The molecule has 0 radical (unpaired) electrons. The van der Waals surface area contributed by atoms with Crippen molar-refractivity contribution in [3.63, 3.8) is 0 Å². The van der Waals surface area contributed by atoms with Crippen molar-refractivity contribution in [1.82, 2.24) is 15.5 Å². The molecular formula is C12H13F2N3. The second-order valence-electron chi connectivity index (χ2n) is 3.82. The number of halogens is 2. The van der Waals surface area contributed by atoms with Crippen LogP contribution >= 0.6 is 0 Å². The zero-order chi connectivity index (χ0) is 12.4. The van der Waals surface area contributed by atoms with Gasteiger partial charge in [-0.25, -0.2) is 8.78 Å². The molecule has 0 saturated heterocycles. The number of hydrogen-bond acceptors (Lipinski definition) is 2. The Kier molecular flexibility index (Phi) is 3.19. The fraction of sp³-hybridized carbons (Fsp3) is 0.250. The van der Waals surface area contributed by atoms with Gasteiger partial charge in [0.1, 0.15) is 11.6 Å². The molecule has 0 fully saturated rings. The van der Waals surface area contributed by atoms with Gasteiger partial charge >= 0.3 is 0 Å². The number of aryl methyl sites for hydroxylation is 1. The summed E-state index contributed by atoms with van der Waals surface area (Å²) in [5.41, 5.74) is 2.26. The quantitative estimate of drug-likeness (QED) is 0.860. The van der Waals surface area contributed by atoms with Crippen molar-refractivity contribution in [2.45, 2.75) is 13.5 Å². The minimum Gasteiger partial charge on any atom is -0.314 e. The van der Waals surface area contributed by atoms with Gasteiger partial charge in [-0.3, -0.25) is 5.10 Å². The predicted octanol–water partition coefficient (Wildman–Crippen LogP) is 2.38. The van der Waals surface area contributed by atoms with E-state index < -0.39 is 11.6 Å². The number of hydrogen-bond donors (Lipinski definition) is 2. The highest BCUT2D eigenvalue weighted by atomic mass is 19.1. The first-order valence-electron chi connectivity index (χ1n) is 5.27. The van der Waals surface area contributed by atoms with Gasteiger partial charge in [0, 0.05) is 23.4 Å². The van der Waals surface area contributed by atoms with Crippen molar-refractivity contribution in [2.75, 3.05) is 7.05 Å². The van der Waals surface area contributed by atoms with Gasteiger partial charge in [-0.15, -0.1) is 0 Å². The standard InChI is InChI=1S/C12H13F2N3/c1-7-12(11(6-15-2)17-16-7)9-5-8(13)3-4-10(9)14/h3-5,15H,6H2,1-2H3,(H,16,17). The lowest BCUT2D eigenvalue weighted by Crippen LogP contribution is -2.07. The minimum absolute atomic E-state index is 0.238. The number of nitrogens with zero attached hydrogens (tertiary/aromatic N) is 1. The van der Waals surface area contributed by atoms with Crippen LogP contribution in [-0.4, -0.2) is 17.2 Å². The molecule has 0 aliphatic rings. The molecule has 17 heavy (non-hydrogen) atoms. The smallest absolute Gasteiger partial charge is 0.131 e. The van der Waals surface area contributed by atoms with Crippen molar-refractivity contribution < 1.29 is 8.78 Å². The summed E-state index contributed by atoms with van der Waals surface area (Å²) in [5, 5.41) is 9.81. The van der Waals surface area contributed by atoms with E-state index in [0.717, 1.165) is 17.8 Å². The number of benzene rings is 1. The monoisotopic (exact) mass is 237 g/mol. The molecule has 5 heteroatoms. The van der Waals surface area contributed by atoms with E-state index in [1.807, 2.05) is 0 Å². The molecule has 0 saturated carbocycles. The number of H-pyrrole nitrogens is 1. The van der Waals surface area contributed by atoms with Crippen molar-refractivity contribution >= 4 is 0 Å². The zero-order valence-electron chi connectivity index (χ0n) is 9.64. The minimum atomic E-state index is -0.461. The highest BCUT2D eigenvalue weighted by molar-refractivity contribution is 5.69. The molecule has 2 aromatic rings. The normalized spacial score (nSPS) is 10.8. The Balaban J connectivity index is 2.58. The first kappa shape index (κ1) is 11.7. The molecule has 90 valence electrons. The third kappa shape index (κ3) is 2.19. The summed E-state index contributed by atoms with van der Waals surface area (Å²) in [4.78, 5) is 0. The van der Waals surface area contributed by atoms with Crippen molar-refractivity contribution in [3.8, 4) is 11.1 Å². The maximum atomic E-state index is 13.7. The molecule has 1 aromatic carbocycles. The van der Waals surface area contributed by atoms with Crippen LogP contribution in [0.5, 0.6) is 0 Å². The molecule has 0 aliphatic heterocycles. The Hall–Kier alpha value is -1.75. The molecule has 2 rings (SSSR count). The lowest BCUT2D eigenvalue weighted by Gasteiger charge is -2.05. The van der Waals surface area contributed by atoms with Gasteiger partial charge < -0.3 is 5.32 Å². The van der Waals surface area contributed by atoms with Gasteiger partial charge in [0.05, 0.1) is 5.69 Å². The van der Waals surface area contributed by atoms with Gasteiger partial charge in [-0.2, -0.15) is 5.10 Å². The molecule has 3 nitrogen and oxygen atoms in total. The third-order valence-corrected chi connectivity index (χ3v) is 2.56. The van der Waals surface area contributed by atoms with E-state index in [0.29, 0.717) is 17.8 Å². The first-order valence-corrected chi connectivity index (χ1v) is 5.27. The van der Waals surface area contributed by atoms with Crippen molar-refractivity contribution in [2.24, 2.45) is 0 Å². The Morgan fingerprint density at radius 2 is 2.12 bits per heavy atom. The van der Waals surface area contributed by atoms with Crippen LogP contribution in [-0.2, 0) is 6.54 Å². The Morgan fingerprint density at radius 3 is 2.82 bits per heavy atom. The Bertz CT molecular complexity index is 535. The summed E-state index contributed by atoms with van der Waals surface area (Å²) < 4.78 is 26.9. The summed E-state index contributed by atoms with van der Waals surface area (Å²) in [5.74, 6) is -0.911. The highest BCUT2D eigenvalue weighted by Gasteiger charge is 2.16. The van der Waals surface area contributed by atoms with Gasteiger partial charge in [-0.05, 0) is 32.2 Å². The number of aromatic amines is 1. The van der Waals surface area contributed by atoms with Crippen molar-refractivity contribution in [3.05, 3.63) is 41.2 Å². The molecule has 1 aromatic heterocycles. The van der Waals surface area contributed by atoms with E-state index in [1.165, 1.54) is 6.07 Å². The second-order valence-corrected chi connectivity index (χ2v) is 3.82. The lowest BCUT2D eigenvalue weighted by atomic mass is 10.0. The van der Waals surface area contributed by atoms with Crippen molar-refractivity contribution in [1.29, 1.82) is 0 Å². The third-order valence-electron chi connectivity index (χ3n) is 2.56. The number of nitrogens with one attached hydrogen (secondary N) is 2. The summed E-state index contributed by atoms with van der Waals surface area (Å²) in [6, 6.07) is 3.42. The van der Waals surface area contributed by atoms with E-state index in [2.05, 4.69) is 15.5 Å². The average molecular weight is 237 g/mol. The first-order chi connectivity index (χ1) is 8.13. The fourth-order valence-electron chi connectivity index (χ4n) is 1.82. The Morgan fingerprint density at radius 1 is 1.35 bits per heavy atom.